The van der Waals surface area contributed by atoms with E-state index in [1.807, 2.05) is 31.2 Å². The molecule has 13 heavy (non-hydrogen) atoms. The van der Waals surface area contributed by atoms with Gasteiger partial charge in [-0.1, -0.05) is 37.1 Å². The Labute approximate surface area is 83.1 Å². The first-order valence-corrected chi connectivity index (χ1v) is 4.41. The van der Waals surface area contributed by atoms with Crippen molar-refractivity contribution in [3.05, 3.63) is 35.4 Å². The van der Waals surface area contributed by atoms with E-state index in [2.05, 4.69) is 22.9 Å². The minimum atomic E-state index is -0.286. The summed E-state index contributed by atoms with van der Waals surface area (Å²) in [6, 6.07) is 7.62. The monoisotopic (exact) mass is 196 g/mol. The van der Waals surface area contributed by atoms with Gasteiger partial charge in [-0.3, -0.25) is 4.72 Å². The van der Waals surface area contributed by atoms with E-state index in [-0.39, 0.29) is 6.03 Å². The molecule has 0 saturated heterocycles. The lowest BCUT2D eigenvalue weighted by Gasteiger charge is -2.06. The first-order chi connectivity index (χ1) is 6.24. The summed E-state index contributed by atoms with van der Waals surface area (Å²) in [5.41, 5.74) is 2.28. The largest absolute Gasteiger partial charge is 0.333 e. The summed E-state index contributed by atoms with van der Waals surface area (Å²) < 4.78 is 2.20. The fraction of sp³-hybridized carbons (Fsp3) is 0.222. The van der Waals surface area contributed by atoms with Gasteiger partial charge in [0.15, 0.2) is 0 Å². The van der Waals surface area contributed by atoms with Crippen LogP contribution in [0, 0.1) is 6.92 Å². The molecule has 0 radical (unpaired) electrons. The second-order valence-electron chi connectivity index (χ2n) is 2.72. The summed E-state index contributed by atoms with van der Waals surface area (Å²) in [5, 5.41) is 2.66. The third kappa shape index (κ3) is 2.99. The zero-order chi connectivity index (χ0) is 9.68. The summed E-state index contributed by atoms with van der Waals surface area (Å²) in [5.74, 6) is 0. The summed E-state index contributed by atoms with van der Waals surface area (Å²) in [6.07, 6.45) is 0. The average molecular weight is 196 g/mol. The minimum Gasteiger partial charge on any atom is -0.333 e. The van der Waals surface area contributed by atoms with Gasteiger partial charge in [0, 0.05) is 6.54 Å². The molecule has 2 N–H and O–H groups in total. The van der Waals surface area contributed by atoms with E-state index in [1.165, 1.54) is 5.56 Å². The maximum absolute atomic E-state index is 10.8. The molecular formula is C9H12N2OS. The van der Waals surface area contributed by atoms with E-state index < -0.39 is 0 Å². The zero-order valence-electron chi connectivity index (χ0n) is 7.37. The molecule has 0 bridgehead atoms. The molecule has 0 aliphatic carbocycles. The third-order valence-electron chi connectivity index (χ3n) is 1.80. The molecule has 1 rings (SSSR count). The van der Waals surface area contributed by atoms with Crippen molar-refractivity contribution in [1.29, 1.82) is 0 Å². The minimum absolute atomic E-state index is 0.286. The first kappa shape index (κ1) is 9.92. The van der Waals surface area contributed by atoms with Crippen molar-refractivity contribution < 1.29 is 4.79 Å². The summed E-state index contributed by atoms with van der Waals surface area (Å²) >= 11 is 3.63. The highest BCUT2D eigenvalue weighted by atomic mass is 32.1. The zero-order valence-corrected chi connectivity index (χ0v) is 8.27. The molecule has 70 valence electrons. The van der Waals surface area contributed by atoms with Gasteiger partial charge in [0.1, 0.15) is 0 Å². The maximum Gasteiger partial charge on any atom is 0.324 e. The van der Waals surface area contributed by atoms with E-state index in [9.17, 15) is 4.79 Å². The van der Waals surface area contributed by atoms with Crippen LogP contribution in [0.15, 0.2) is 24.3 Å². The van der Waals surface area contributed by atoms with Crippen LogP contribution < -0.4 is 10.0 Å². The maximum atomic E-state index is 10.8. The van der Waals surface area contributed by atoms with Gasteiger partial charge in [-0.2, -0.15) is 0 Å². The summed E-state index contributed by atoms with van der Waals surface area (Å²) in [7, 11) is 0. The Morgan fingerprint density at radius 3 is 2.77 bits per heavy atom. The van der Waals surface area contributed by atoms with Gasteiger partial charge in [0.2, 0.25) is 0 Å². The van der Waals surface area contributed by atoms with Gasteiger partial charge in [-0.25, -0.2) is 4.79 Å². The van der Waals surface area contributed by atoms with E-state index in [4.69, 9.17) is 0 Å². The number of hydrogen-bond donors (Lipinski definition) is 3. The molecule has 0 atom stereocenters. The van der Waals surface area contributed by atoms with Gasteiger partial charge >= 0.3 is 6.03 Å². The highest BCUT2D eigenvalue weighted by molar-refractivity contribution is 7.78. The Morgan fingerprint density at radius 1 is 1.46 bits per heavy atom. The lowest BCUT2D eigenvalue weighted by molar-refractivity contribution is 0.246. The molecule has 0 fully saturated rings. The van der Waals surface area contributed by atoms with Crippen LogP contribution in [-0.2, 0) is 6.54 Å². The average Bonchev–Trinajstić information content (AvgIpc) is 2.16. The lowest BCUT2D eigenvalue weighted by atomic mass is 10.1. The normalized spacial score (nSPS) is 9.38. The molecule has 0 saturated carbocycles. The molecule has 1 aromatic carbocycles. The SMILES string of the molecule is Cc1ccccc1CNC(=O)NS. The van der Waals surface area contributed by atoms with Crippen molar-refractivity contribution in [3.63, 3.8) is 0 Å². The van der Waals surface area contributed by atoms with Crippen LogP contribution >= 0.6 is 12.8 Å². The molecule has 3 nitrogen and oxygen atoms in total. The molecule has 1 aromatic rings. The number of hydrogen-bond acceptors (Lipinski definition) is 2. The van der Waals surface area contributed by atoms with Gasteiger partial charge in [0.25, 0.3) is 0 Å². The predicted molar refractivity (Wildman–Crippen MR) is 55.5 cm³/mol. The number of urea groups is 1. The van der Waals surface area contributed by atoms with Crippen molar-refractivity contribution in [2.45, 2.75) is 13.5 Å². The topological polar surface area (TPSA) is 41.1 Å². The number of carbonyl (C=O) groups is 1. The standard InChI is InChI=1S/C9H12N2OS/c1-7-4-2-3-5-8(7)6-10-9(12)11-13/h2-5,13H,6H2,1H3,(H2,10,11,12). The van der Waals surface area contributed by atoms with Crippen LogP contribution in [0.1, 0.15) is 11.1 Å². The van der Waals surface area contributed by atoms with Crippen LogP contribution in [0.4, 0.5) is 4.79 Å². The quantitative estimate of drug-likeness (QED) is 0.618. The number of aryl methyl sites for hydroxylation is 1. The molecule has 4 heteroatoms. The van der Waals surface area contributed by atoms with Crippen LogP contribution in [-0.4, -0.2) is 6.03 Å². The van der Waals surface area contributed by atoms with E-state index in [1.54, 1.807) is 0 Å². The number of amides is 2. The number of carbonyl (C=O) groups excluding carboxylic acids is 1. The molecule has 0 unspecified atom stereocenters. The molecule has 0 spiro atoms. The van der Waals surface area contributed by atoms with Gasteiger partial charge < -0.3 is 5.32 Å². The van der Waals surface area contributed by atoms with Crippen molar-refractivity contribution in [2.75, 3.05) is 0 Å². The van der Waals surface area contributed by atoms with E-state index in [0.717, 1.165) is 5.56 Å². The molecule has 0 heterocycles. The molecule has 0 aliphatic rings. The van der Waals surface area contributed by atoms with Crippen molar-refractivity contribution in [3.8, 4) is 0 Å². The number of thiol groups is 1. The van der Waals surface area contributed by atoms with Crippen LogP contribution in [0.25, 0.3) is 0 Å². The lowest BCUT2D eigenvalue weighted by Crippen LogP contribution is -2.29. The highest BCUT2D eigenvalue weighted by Crippen LogP contribution is 2.05. The van der Waals surface area contributed by atoms with Gasteiger partial charge in [-0.15, -0.1) is 0 Å². The van der Waals surface area contributed by atoms with Crippen molar-refractivity contribution in [1.82, 2.24) is 10.0 Å². The Morgan fingerprint density at radius 2 is 2.15 bits per heavy atom. The fourth-order valence-corrected chi connectivity index (χ4v) is 1.10. The van der Waals surface area contributed by atoms with Crippen LogP contribution in [0.3, 0.4) is 0 Å². The molecule has 0 aromatic heterocycles. The molecule has 0 aliphatic heterocycles. The van der Waals surface area contributed by atoms with Gasteiger partial charge in [-0.05, 0) is 18.1 Å². The molecular weight excluding hydrogens is 184 g/mol. The Balaban J connectivity index is 2.54. The molecule has 2 amide bonds. The summed E-state index contributed by atoms with van der Waals surface area (Å²) in [4.78, 5) is 10.8. The van der Waals surface area contributed by atoms with Crippen LogP contribution in [0.2, 0.25) is 0 Å². The second kappa shape index (κ2) is 4.77. The number of nitrogens with one attached hydrogen (secondary N) is 2. The number of rotatable bonds is 2. The van der Waals surface area contributed by atoms with Crippen molar-refractivity contribution in [2.24, 2.45) is 0 Å². The van der Waals surface area contributed by atoms with Gasteiger partial charge in [0.05, 0.1) is 0 Å². The fourth-order valence-electron chi connectivity index (χ4n) is 1.02. The Hall–Kier alpha value is -1.16. The predicted octanol–water partition coefficient (Wildman–Crippen LogP) is 1.64. The van der Waals surface area contributed by atoms with Crippen LogP contribution in [0.5, 0.6) is 0 Å². The third-order valence-corrected chi connectivity index (χ3v) is 2.01. The summed E-state index contributed by atoms with van der Waals surface area (Å²) in [6.45, 7) is 2.54. The van der Waals surface area contributed by atoms with Crippen molar-refractivity contribution >= 4 is 18.8 Å². The smallest absolute Gasteiger partial charge is 0.324 e. The van der Waals surface area contributed by atoms with E-state index >= 15 is 0 Å². The Kier molecular flexibility index (Phi) is 3.64. The Bertz CT molecular complexity index is 301. The number of benzene rings is 1. The first-order valence-electron chi connectivity index (χ1n) is 3.96. The van der Waals surface area contributed by atoms with E-state index in [0.29, 0.717) is 6.54 Å². The highest BCUT2D eigenvalue weighted by Gasteiger charge is 1.98. The second-order valence-corrected chi connectivity index (χ2v) is 2.94.